The van der Waals surface area contributed by atoms with Gasteiger partial charge in [0.25, 0.3) is 5.91 Å². The maximum Gasteiger partial charge on any atom is 0.330 e. The summed E-state index contributed by atoms with van der Waals surface area (Å²) in [6, 6.07) is 13.1. The lowest BCUT2D eigenvalue weighted by atomic mass is 10.1. The Balaban J connectivity index is 0.000000316. The highest BCUT2D eigenvalue weighted by atomic mass is 16.5. The molecule has 0 aromatic heterocycles. The molecule has 1 aliphatic heterocycles. The average molecular weight is 427 g/mol. The van der Waals surface area contributed by atoms with Gasteiger partial charge in [-0.1, -0.05) is 42.5 Å². The molecule has 0 aliphatic carbocycles. The third kappa shape index (κ3) is 7.12. The number of benzene rings is 2. The number of urea groups is 1. The summed E-state index contributed by atoms with van der Waals surface area (Å²) in [5.74, 6) is -1.85. The van der Waals surface area contributed by atoms with Crippen LogP contribution in [-0.4, -0.2) is 60.1 Å². The standard InChI is InChI=1S/C16H15N3O3.C5H10N2O2/c17-14(18)11-7-4-8-12(9-11)15(20)19-13(16(21)22)10-5-2-1-3-6-10;6-5(8)7-1-3-9-4-2-7/h1-9,13H,(H3,17,18)(H,19,20)(H,21,22);1-4H2,(H2,6,8)/t13-;/m1./s1. The lowest BCUT2D eigenvalue weighted by Gasteiger charge is -2.24. The first-order valence-electron chi connectivity index (χ1n) is 9.44. The number of nitrogens with two attached hydrogens (primary N) is 2. The van der Waals surface area contributed by atoms with E-state index in [1.165, 1.54) is 12.1 Å². The number of aliphatic carboxylic acids is 1. The summed E-state index contributed by atoms with van der Waals surface area (Å²) in [4.78, 5) is 35.6. The highest BCUT2D eigenvalue weighted by Gasteiger charge is 2.22. The van der Waals surface area contributed by atoms with E-state index >= 15 is 0 Å². The van der Waals surface area contributed by atoms with Crippen molar-refractivity contribution < 1.29 is 24.2 Å². The Labute approximate surface area is 179 Å². The van der Waals surface area contributed by atoms with Crippen molar-refractivity contribution in [3.05, 3.63) is 71.3 Å². The van der Waals surface area contributed by atoms with Crippen LogP contribution in [0.4, 0.5) is 4.79 Å². The molecule has 10 heteroatoms. The van der Waals surface area contributed by atoms with E-state index in [1.807, 2.05) is 0 Å². The number of morpholine rings is 1. The van der Waals surface area contributed by atoms with Gasteiger partial charge in [-0.05, 0) is 17.7 Å². The van der Waals surface area contributed by atoms with Crippen LogP contribution in [-0.2, 0) is 9.53 Å². The summed E-state index contributed by atoms with van der Waals surface area (Å²) in [6.45, 7) is 2.50. The zero-order valence-corrected chi connectivity index (χ0v) is 16.8. The molecule has 1 atom stereocenters. The van der Waals surface area contributed by atoms with Gasteiger partial charge in [0.15, 0.2) is 6.04 Å². The molecule has 3 amide bonds. The van der Waals surface area contributed by atoms with Crippen molar-refractivity contribution in [1.82, 2.24) is 10.2 Å². The Morgan fingerprint density at radius 3 is 2.13 bits per heavy atom. The third-order valence-corrected chi connectivity index (χ3v) is 4.41. The van der Waals surface area contributed by atoms with E-state index in [0.29, 0.717) is 37.4 Å². The number of carboxylic acids is 1. The van der Waals surface area contributed by atoms with Crippen molar-refractivity contribution in [2.75, 3.05) is 26.3 Å². The lowest BCUT2D eigenvalue weighted by Crippen LogP contribution is -2.43. The number of ether oxygens (including phenoxy) is 1. The van der Waals surface area contributed by atoms with E-state index in [0.717, 1.165) is 0 Å². The maximum atomic E-state index is 12.2. The Morgan fingerprint density at radius 1 is 1.00 bits per heavy atom. The van der Waals surface area contributed by atoms with Crippen molar-refractivity contribution in [3.8, 4) is 0 Å². The topological polar surface area (TPSA) is 172 Å². The summed E-state index contributed by atoms with van der Waals surface area (Å²) >= 11 is 0. The van der Waals surface area contributed by atoms with Gasteiger partial charge in [-0.3, -0.25) is 10.2 Å². The molecule has 31 heavy (non-hydrogen) atoms. The average Bonchev–Trinajstić information content (AvgIpc) is 2.78. The van der Waals surface area contributed by atoms with Gasteiger partial charge in [0.05, 0.1) is 13.2 Å². The van der Waals surface area contributed by atoms with Gasteiger partial charge in [0, 0.05) is 24.2 Å². The number of primary amides is 1. The fourth-order valence-corrected chi connectivity index (χ4v) is 2.76. The van der Waals surface area contributed by atoms with Crippen molar-refractivity contribution in [3.63, 3.8) is 0 Å². The number of nitrogen functional groups attached to an aromatic ring is 1. The third-order valence-electron chi connectivity index (χ3n) is 4.41. The summed E-state index contributed by atoms with van der Waals surface area (Å²) in [7, 11) is 0. The molecule has 164 valence electrons. The highest BCUT2D eigenvalue weighted by Crippen LogP contribution is 2.14. The molecule has 3 rings (SSSR count). The molecule has 1 saturated heterocycles. The molecule has 0 spiro atoms. The van der Waals surface area contributed by atoms with Crippen LogP contribution in [0.3, 0.4) is 0 Å². The fourth-order valence-electron chi connectivity index (χ4n) is 2.76. The second-order valence-electron chi connectivity index (χ2n) is 6.59. The van der Waals surface area contributed by atoms with Gasteiger partial charge >= 0.3 is 12.0 Å². The van der Waals surface area contributed by atoms with Crippen LogP contribution in [0.5, 0.6) is 0 Å². The van der Waals surface area contributed by atoms with E-state index in [2.05, 4.69) is 5.32 Å². The molecule has 2 aromatic carbocycles. The van der Waals surface area contributed by atoms with Crippen molar-refractivity contribution >= 4 is 23.7 Å². The monoisotopic (exact) mass is 427 g/mol. The second kappa shape index (κ2) is 11.3. The van der Waals surface area contributed by atoms with Crippen LogP contribution >= 0.6 is 0 Å². The minimum atomic E-state index is -1.15. The second-order valence-corrected chi connectivity index (χ2v) is 6.59. The van der Waals surface area contributed by atoms with Crippen LogP contribution in [0.15, 0.2) is 54.6 Å². The fraction of sp³-hybridized carbons (Fsp3) is 0.238. The van der Waals surface area contributed by atoms with Crippen LogP contribution in [0.2, 0.25) is 0 Å². The highest BCUT2D eigenvalue weighted by molar-refractivity contribution is 6.01. The molecule has 0 saturated carbocycles. The van der Waals surface area contributed by atoms with Gasteiger partial charge in [-0.25, -0.2) is 9.59 Å². The van der Waals surface area contributed by atoms with Crippen molar-refractivity contribution in [2.45, 2.75) is 6.04 Å². The zero-order valence-electron chi connectivity index (χ0n) is 16.8. The summed E-state index contributed by atoms with van der Waals surface area (Å²) in [6.07, 6.45) is 0. The molecule has 7 N–H and O–H groups in total. The Morgan fingerprint density at radius 2 is 1.61 bits per heavy atom. The van der Waals surface area contributed by atoms with Gasteiger partial charge < -0.3 is 31.5 Å². The minimum absolute atomic E-state index is 0.160. The molecule has 2 aromatic rings. The number of nitrogens with zero attached hydrogens (tertiary/aromatic N) is 1. The Kier molecular flexibility index (Phi) is 8.52. The Bertz CT molecular complexity index is 929. The summed E-state index contributed by atoms with van der Waals surface area (Å²) in [5.41, 5.74) is 11.5. The molecule has 0 radical (unpaired) electrons. The minimum Gasteiger partial charge on any atom is -0.479 e. The predicted octanol–water partition coefficient (Wildman–Crippen LogP) is 0.924. The molecule has 1 aliphatic rings. The van der Waals surface area contributed by atoms with Crippen LogP contribution < -0.4 is 16.8 Å². The summed E-state index contributed by atoms with van der Waals surface area (Å²) < 4.78 is 5.00. The zero-order chi connectivity index (χ0) is 22.8. The van der Waals surface area contributed by atoms with Gasteiger partial charge in [-0.15, -0.1) is 0 Å². The molecule has 0 unspecified atom stereocenters. The quantitative estimate of drug-likeness (QED) is 0.351. The SMILES string of the molecule is N=C(N)c1cccc(C(=O)N[C@@H](C(=O)O)c2ccccc2)c1.NC(=O)N1CCOCC1. The predicted molar refractivity (Wildman–Crippen MR) is 114 cm³/mol. The maximum absolute atomic E-state index is 12.2. The number of carboxylic acid groups (broad SMARTS) is 1. The number of rotatable bonds is 5. The molecule has 0 bridgehead atoms. The molecular formula is C21H25N5O5. The molecular weight excluding hydrogens is 402 g/mol. The van der Waals surface area contributed by atoms with E-state index in [9.17, 15) is 19.5 Å². The number of hydrogen-bond acceptors (Lipinski definition) is 5. The van der Waals surface area contributed by atoms with Crippen LogP contribution in [0.25, 0.3) is 0 Å². The number of carbonyl (C=O) groups excluding carboxylic acids is 2. The first-order chi connectivity index (χ1) is 14.8. The molecule has 10 nitrogen and oxygen atoms in total. The number of carbonyl (C=O) groups is 3. The Hall–Kier alpha value is -3.92. The van der Waals surface area contributed by atoms with E-state index < -0.39 is 17.9 Å². The van der Waals surface area contributed by atoms with Gasteiger partial charge in [-0.2, -0.15) is 0 Å². The largest absolute Gasteiger partial charge is 0.479 e. The van der Waals surface area contributed by atoms with Crippen molar-refractivity contribution in [2.24, 2.45) is 11.5 Å². The number of amides is 3. The smallest absolute Gasteiger partial charge is 0.330 e. The lowest BCUT2D eigenvalue weighted by molar-refractivity contribution is -0.139. The van der Waals surface area contributed by atoms with E-state index in [4.69, 9.17) is 21.6 Å². The molecule has 1 fully saturated rings. The first-order valence-corrected chi connectivity index (χ1v) is 9.44. The van der Waals surface area contributed by atoms with Crippen molar-refractivity contribution in [1.29, 1.82) is 5.41 Å². The van der Waals surface area contributed by atoms with E-state index in [1.54, 1.807) is 47.4 Å². The summed E-state index contributed by atoms with van der Waals surface area (Å²) in [5, 5.41) is 19.1. The van der Waals surface area contributed by atoms with Crippen LogP contribution in [0, 0.1) is 5.41 Å². The van der Waals surface area contributed by atoms with Gasteiger partial charge in [0.2, 0.25) is 0 Å². The normalized spacial score (nSPS) is 13.9. The van der Waals surface area contributed by atoms with Gasteiger partial charge in [0.1, 0.15) is 5.84 Å². The first kappa shape index (κ1) is 23.4. The number of amidine groups is 1. The van der Waals surface area contributed by atoms with E-state index in [-0.39, 0.29) is 17.4 Å². The molecule has 1 heterocycles. The number of nitrogens with one attached hydrogen (secondary N) is 2. The number of hydrogen-bond donors (Lipinski definition) is 5. The van der Waals surface area contributed by atoms with Crippen LogP contribution in [0.1, 0.15) is 27.5 Å².